The first-order valence-corrected chi connectivity index (χ1v) is 2.88. The molecule has 16 heavy (non-hydrogen) atoms. The number of hydrogen-bond donors (Lipinski definition) is 0. The molecule has 10 heteroatoms. The third kappa shape index (κ3) is 177. The fourth-order valence-corrected chi connectivity index (χ4v) is 0. The van der Waals surface area contributed by atoms with E-state index in [1.165, 1.54) is 0 Å². The van der Waals surface area contributed by atoms with Gasteiger partial charge < -0.3 is 39.6 Å². The van der Waals surface area contributed by atoms with Gasteiger partial charge in [-0.2, -0.15) is 0 Å². The first-order valence-electron chi connectivity index (χ1n) is 2.88. The van der Waals surface area contributed by atoms with Crippen molar-refractivity contribution in [2.24, 2.45) is 0 Å². The largest absolute Gasteiger partial charge is 2.00 e. The van der Waals surface area contributed by atoms with Gasteiger partial charge in [0.1, 0.15) is 0 Å². The van der Waals surface area contributed by atoms with Gasteiger partial charge in [-0.25, -0.2) is 0 Å². The zero-order valence-corrected chi connectivity index (χ0v) is 15.3. The van der Waals surface area contributed by atoms with Crippen LogP contribution in [-0.2, 0) is 38.7 Å². The number of carboxylic acid groups (broad SMARTS) is 4. The molecule has 0 saturated heterocycles. The van der Waals surface area contributed by atoms with Crippen LogP contribution in [0.25, 0.3) is 0 Å². The summed E-state index contributed by atoms with van der Waals surface area (Å²) in [4.78, 5) is 35.6. The smallest absolute Gasteiger partial charge is 0.550 e. The van der Waals surface area contributed by atoms with E-state index in [-0.39, 0.29) is 46.8 Å². The quantitative estimate of drug-likeness (QED) is 0.245. The molecule has 0 aliphatic carbocycles. The molecule has 0 spiro atoms. The Kier molecular flexibility index (Phi) is 36.8. The normalized spacial score (nSPS) is 5.88. The zero-order valence-electron chi connectivity index (χ0n) is 8.47. The predicted molar refractivity (Wildman–Crippen MR) is 37.1 cm³/mol. The van der Waals surface area contributed by atoms with Crippen LogP contribution >= 0.6 is 0 Å². The van der Waals surface area contributed by atoms with Gasteiger partial charge in [-0.15, -0.1) is 0 Å². The minimum Gasteiger partial charge on any atom is -0.550 e. The number of aliphatic carboxylic acids is 4. The molecule has 0 aromatic heterocycles. The van der Waals surface area contributed by atoms with E-state index in [0.29, 0.717) is 0 Å². The van der Waals surface area contributed by atoms with Gasteiger partial charge in [-0.3, -0.25) is 0 Å². The molecular formula is C6H6O8PbZn. The summed E-state index contributed by atoms with van der Waals surface area (Å²) < 4.78 is 0. The van der Waals surface area contributed by atoms with Crippen molar-refractivity contribution in [3.63, 3.8) is 0 Å². The van der Waals surface area contributed by atoms with Crippen molar-refractivity contribution < 1.29 is 59.1 Å². The van der Waals surface area contributed by atoms with Crippen LogP contribution in [0.2, 0.25) is 0 Å². The van der Waals surface area contributed by atoms with Crippen LogP contribution < -0.4 is 20.4 Å². The van der Waals surface area contributed by atoms with Gasteiger partial charge in [0.2, 0.25) is 0 Å². The second kappa shape index (κ2) is 19.9. The molecule has 0 aliphatic rings. The van der Waals surface area contributed by atoms with E-state index in [0.717, 1.165) is 13.8 Å². The van der Waals surface area contributed by atoms with E-state index in [1.54, 1.807) is 0 Å². The maximum atomic E-state index is 8.93. The molecule has 0 aromatic carbocycles. The van der Waals surface area contributed by atoms with Crippen LogP contribution in [0, 0.1) is 0 Å². The molecule has 0 fully saturated rings. The van der Waals surface area contributed by atoms with E-state index in [1.807, 2.05) is 0 Å². The summed E-state index contributed by atoms with van der Waals surface area (Å²) in [5.41, 5.74) is 0. The second-order valence-electron chi connectivity index (χ2n) is 1.56. The van der Waals surface area contributed by atoms with E-state index in [2.05, 4.69) is 0 Å². The van der Waals surface area contributed by atoms with E-state index in [9.17, 15) is 0 Å². The van der Waals surface area contributed by atoms with Crippen molar-refractivity contribution in [1.82, 2.24) is 0 Å². The molecule has 84 valence electrons. The first kappa shape index (κ1) is 29.5. The molecular weight excluding hydrogens is 473 g/mol. The maximum Gasteiger partial charge on any atom is 2.00 e. The fourth-order valence-electron chi connectivity index (χ4n) is 0. The molecule has 0 saturated carbocycles. The Bertz CT molecular complexity index is 197. The summed E-state index contributed by atoms with van der Waals surface area (Å²) in [5, 5.41) is 35.6. The molecule has 0 aliphatic heterocycles. The third-order valence-electron chi connectivity index (χ3n) is 0.167. The van der Waals surface area contributed by atoms with Gasteiger partial charge in [-0.1, -0.05) is 0 Å². The van der Waals surface area contributed by atoms with Gasteiger partial charge >= 0.3 is 46.8 Å². The molecule has 2 radical (unpaired) electrons. The zero-order chi connectivity index (χ0) is 12.3. The molecule has 0 aromatic rings. The summed E-state index contributed by atoms with van der Waals surface area (Å²) in [6.07, 6.45) is 0. The van der Waals surface area contributed by atoms with Gasteiger partial charge in [0.05, 0.1) is 11.9 Å². The summed E-state index contributed by atoms with van der Waals surface area (Å²) in [6.45, 7) is 1.94. The van der Waals surface area contributed by atoms with Crippen molar-refractivity contribution in [2.45, 2.75) is 13.8 Å². The number of carbonyl (C=O) groups excluding carboxylic acids is 4. The molecule has 0 heterocycles. The molecule has 0 bridgehead atoms. The Balaban J connectivity index is -0.0000000367. The maximum absolute atomic E-state index is 8.93. The monoisotopic (exact) mass is 478 g/mol. The standard InChI is InChI=1S/C2H2O4.2C2H4O2.Pb.Zn/c3-1(4)2(5)6;2*1-2(3)4;;/h(H,3,4)(H,5,6);2*1H3,(H,3,4);;/q;;;2*+2/p-4. The summed E-state index contributed by atoms with van der Waals surface area (Å²) in [7, 11) is 0. The predicted octanol–water partition coefficient (Wildman–Crippen LogP) is -6.38. The van der Waals surface area contributed by atoms with Crippen LogP contribution in [0.1, 0.15) is 13.8 Å². The molecule has 0 rings (SSSR count). The van der Waals surface area contributed by atoms with Crippen LogP contribution in [-0.4, -0.2) is 51.2 Å². The summed E-state index contributed by atoms with van der Waals surface area (Å²) >= 11 is 0. The SMILES string of the molecule is CC(=O)[O-].CC(=O)[O-].O=C([O-])C(=O)[O-].[Pb+2].[Zn+2]. The third-order valence-corrected chi connectivity index (χ3v) is 0.167. The minimum absolute atomic E-state index is 0. The molecule has 8 nitrogen and oxygen atoms in total. The molecule has 0 amide bonds. The van der Waals surface area contributed by atoms with Crippen LogP contribution in [0.4, 0.5) is 0 Å². The van der Waals surface area contributed by atoms with Crippen molar-refractivity contribution >= 4 is 51.2 Å². The summed E-state index contributed by atoms with van der Waals surface area (Å²) in [5.74, 6) is -6.54. The van der Waals surface area contributed by atoms with Crippen molar-refractivity contribution in [3.8, 4) is 0 Å². The minimum atomic E-state index is -2.19. The van der Waals surface area contributed by atoms with Crippen LogP contribution in [0.5, 0.6) is 0 Å². The molecule has 0 atom stereocenters. The summed E-state index contributed by atoms with van der Waals surface area (Å²) in [6, 6.07) is 0. The average Bonchev–Trinajstić information content (AvgIpc) is 1.83. The van der Waals surface area contributed by atoms with Crippen LogP contribution in [0.3, 0.4) is 0 Å². The Morgan fingerprint density at radius 2 is 0.750 bits per heavy atom. The number of rotatable bonds is 0. The Labute approximate surface area is 124 Å². The van der Waals surface area contributed by atoms with Gasteiger partial charge in [-0.05, 0) is 13.8 Å². The van der Waals surface area contributed by atoms with Crippen molar-refractivity contribution in [1.29, 1.82) is 0 Å². The number of carbonyl (C=O) groups is 4. The molecule has 0 N–H and O–H groups in total. The Morgan fingerprint density at radius 3 is 0.750 bits per heavy atom. The average molecular weight is 479 g/mol. The fraction of sp³-hybridized carbons (Fsp3) is 0.333. The molecule has 0 unspecified atom stereocenters. The van der Waals surface area contributed by atoms with E-state index in [4.69, 9.17) is 39.6 Å². The topological polar surface area (TPSA) is 161 Å². The van der Waals surface area contributed by atoms with Crippen molar-refractivity contribution in [2.75, 3.05) is 0 Å². The Hall–Kier alpha value is -0.575. The van der Waals surface area contributed by atoms with Gasteiger partial charge in [0.25, 0.3) is 0 Å². The van der Waals surface area contributed by atoms with E-state index >= 15 is 0 Å². The number of hydrogen-bond acceptors (Lipinski definition) is 8. The first-order chi connectivity index (χ1) is 6.11. The Morgan fingerprint density at radius 1 is 0.688 bits per heavy atom. The van der Waals surface area contributed by atoms with Crippen LogP contribution in [0.15, 0.2) is 0 Å². The van der Waals surface area contributed by atoms with Gasteiger partial charge in [0, 0.05) is 11.9 Å². The number of carboxylic acids is 4. The van der Waals surface area contributed by atoms with Crippen molar-refractivity contribution in [3.05, 3.63) is 0 Å². The van der Waals surface area contributed by atoms with E-state index < -0.39 is 23.9 Å². The second-order valence-corrected chi connectivity index (χ2v) is 1.56. The van der Waals surface area contributed by atoms with Gasteiger partial charge in [0.15, 0.2) is 0 Å².